The summed E-state index contributed by atoms with van der Waals surface area (Å²) >= 11 is 1.38. The van der Waals surface area contributed by atoms with Crippen LogP contribution in [0, 0.1) is 0 Å². The summed E-state index contributed by atoms with van der Waals surface area (Å²) < 4.78 is 11.8. The summed E-state index contributed by atoms with van der Waals surface area (Å²) in [6.45, 7) is 2.09. The SMILES string of the molecule is CCOC(=O)c1c(SC)nc2c(OC)nccn12. The van der Waals surface area contributed by atoms with Gasteiger partial charge in [-0.1, -0.05) is 0 Å². The van der Waals surface area contributed by atoms with Crippen molar-refractivity contribution in [3.05, 3.63) is 18.1 Å². The number of hydrogen-bond acceptors (Lipinski definition) is 6. The first-order chi connectivity index (χ1) is 8.72. The van der Waals surface area contributed by atoms with Crippen LogP contribution in [0.25, 0.3) is 5.65 Å². The summed E-state index contributed by atoms with van der Waals surface area (Å²) in [6, 6.07) is 0. The lowest BCUT2D eigenvalue weighted by molar-refractivity contribution is 0.0513. The van der Waals surface area contributed by atoms with E-state index in [1.165, 1.54) is 18.9 Å². The molecule has 0 bridgehead atoms. The number of methoxy groups -OCH3 is 1. The second-order valence-electron chi connectivity index (χ2n) is 3.32. The monoisotopic (exact) mass is 267 g/mol. The fourth-order valence-electron chi connectivity index (χ4n) is 1.60. The first kappa shape index (κ1) is 12.7. The van der Waals surface area contributed by atoms with E-state index in [9.17, 15) is 4.79 Å². The highest BCUT2D eigenvalue weighted by Crippen LogP contribution is 2.25. The summed E-state index contributed by atoms with van der Waals surface area (Å²) in [4.78, 5) is 20.3. The molecule has 2 aromatic rings. The molecule has 0 N–H and O–H groups in total. The molecule has 0 unspecified atom stereocenters. The highest BCUT2D eigenvalue weighted by molar-refractivity contribution is 7.98. The number of aromatic nitrogens is 3. The van der Waals surface area contributed by atoms with Crippen molar-refractivity contribution >= 4 is 23.4 Å². The van der Waals surface area contributed by atoms with Gasteiger partial charge in [0.15, 0.2) is 5.69 Å². The Kier molecular flexibility index (Phi) is 3.71. The van der Waals surface area contributed by atoms with Crippen molar-refractivity contribution < 1.29 is 14.3 Å². The van der Waals surface area contributed by atoms with Gasteiger partial charge in [-0.25, -0.2) is 14.8 Å². The van der Waals surface area contributed by atoms with Crippen LogP contribution < -0.4 is 4.74 Å². The molecule has 2 aromatic heterocycles. The van der Waals surface area contributed by atoms with Gasteiger partial charge >= 0.3 is 5.97 Å². The van der Waals surface area contributed by atoms with Crippen LogP contribution in [0.2, 0.25) is 0 Å². The number of imidazole rings is 1. The molecule has 0 saturated carbocycles. The maximum Gasteiger partial charge on any atom is 0.358 e. The highest BCUT2D eigenvalue weighted by Gasteiger charge is 2.22. The summed E-state index contributed by atoms with van der Waals surface area (Å²) in [7, 11) is 1.51. The van der Waals surface area contributed by atoms with E-state index in [2.05, 4.69) is 9.97 Å². The third-order valence-electron chi connectivity index (χ3n) is 2.33. The fourth-order valence-corrected chi connectivity index (χ4v) is 2.16. The van der Waals surface area contributed by atoms with E-state index >= 15 is 0 Å². The van der Waals surface area contributed by atoms with Crippen molar-refractivity contribution in [3.63, 3.8) is 0 Å². The standard InChI is InChI=1S/C11H13N3O3S/c1-4-17-11(15)7-10(18-3)13-8-9(16-2)12-5-6-14(7)8/h5-6H,4H2,1-3H3. The fraction of sp³-hybridized carbons (Fsp3) is 0.364. The quantitative estimate of drug-likeness (QED) is 0.619. The zero-order valence-corrected chi connectivity index (χ0v) is 11.2. The number of rotatable bonds is 4. The van der Waals surface area contributed by atoms with Crippen LogP contribution in [-0.4, -0.2) is 40.3 Å². The van der Waals surface area contributed by atoms with Gasteiger partial charge in [-0.3, -0.25) is 4.40 Å². The molecule has 6 nitrogen and oxygen atoms in total. The molecule has 0 aliphatic heterocycles. The molecule has 0 aliphatic rings. The summed E-state index contributed by atoms with van der Waals surface area (Å²) in [5, 5.41) is 0.597. The third-order valence-corrected chi connectivity index (χ3v) is 3.00. The number of fused-ring (bicyclic) bond motifs is 1. The van der Waals surface area contributed by atoms with E-state index in [-0.39, 0.29) is 0 Å². The number of carbonyl (C=O) groups excluding carboxylic acids is 1. The molecule has 0 atom stereocenters. The maximum atomic E-state index is 11.9. The van der Waals surface area contributed by atoms with Crippen molar-refractivity contribution in [3.8, 4) is 5.88 Å². The van der Waals surface area contributed by atoms with Gasteiger partial charge in [-0.05, 0) is 13.2 Å². The van der Waals surface area contributed by atoms with Gasteiger partial charge in [0.25, 0.3) is 5.88 Å². The zero-order chi connectivity index (χ0) is 13.1. The maximum absolute atomic E-state index is 11.9. The van der Waals surface area contributed by atoms with Crippen LogP contribution in [0.3, 0.4) is 0 Å². The normalized spacial score (nSPS) is 10.6. The number of thioether (sulfide) groups is 1. The molecule has 0 spiro atoms. The lowest BCUT2D eigenvalue weighted by atomic mass is 10.4. The van der Waals surface area contributed by atoms with Crippen molar-refractivity contribution in [2.75, 3.05) is 20.0 Å². The Morgan fingerprint density at radius 1 is 1.56 bits per heavy atom. The lowest BCUT2D eigenvalue weighted by Gasteiger charge is -2.04. The van der Waals surface area contributed by atoms with Crippen molar-refractivity contribution in [1.29, 1.82) is 0 Å². The lowest BCUT2D eigenvalue weighted by Crippen LogP contribution is -2.09. The minimum atomic E-state index is -0.400. The average Bonchev–Trinajstić information content (AvgIpc) is 2.77. The zero-order valence-electron chi connectivity index (χ0n) is 10.3. The Morgan fingerprint density at radius 2 is 2.33 bits per heavy atom. The van der Waals surface area contributed by atoms with Gasteiger partial charge < -0.3 is 9.47 Å². The van der Waals surface area contributed by atoms with Crippen molar-refractivity contribution in [1.82, 2.24) is 14.4 Å². The second-order valence-corrected chi connectivity index (χ2v) is 4.12. The van der Waals surface area contributed by atoms with Crippen LogP contribution >= 0.6 is 11.8 Å². The molecule has 0 fully saturated rings. The topological polar surface area (TPSA) is 65.7 Å². The van der Waals surface area contributed by atoms with Crippen molar-refractivity contribution in [2.45, 2.75) is 11.9 Å². The molecule has 2 rings (SSSR count). The molecule has 0 aromatic carbocycles. The first-order valence-electron chi connectivity index (χ1n) is 5.35. The molecule has 0 aliphatic carbocycles. The van der Waals surface area contributed by atoms with Crippen LogP contribution in [0.4, 0.5) is 0 Å². The van der Waals surface area contributed by atoms with Crippen LogP contribution in [0.5, 0.6) is 5.88 Å². The van der Waals surface area contributed by atoms with Crippen LogP contribution in [0.1, 0.15) is 17.4 Å². The van der Waals surface area contributed by atoms with E-state index in [0.717, 1.165) is 0 Å². The predicted molar refractivity (Wildman–Crippen MR) is 67.3 cm³/mol. The molecule has 0 amide bonds. The van der Waals surface area contributed by atoms with Crippen LogP contribution in [-0.2, 0) is 4.74 Å². The highest BCUT2D eigenvalue weighted by atomic mass is 32.2. The molecular formula is C11H13N3O3S. The summed E-state index contributed by atoms with van der Waals surface area (Å²) in [5.74, 6) is -0.0223. The van der Waals surface area contributed by atoms with Crippen molar-refractivity contribution in [2.24, 2.45) is 0 Å². The molecule has 18 heavy (non-hydrogen) atoms. The summed E-state index contributed by atoms with van der Waals surface area (Å²) in [6.07, 6.45) is 5.07. The molecular weight excluding hydrogens is 254 g/mol. The summed E-state index contributed by atoms with van der Waals surface area (Å²) in [5.41, 5.74) is 0.910. The van der Waals surface area contributed by atoms with Gasteiger partial charge in [-0.2, -0.15) is 0 Å². The Labute approximate surface area is 108 Å². The number of hydrogen-bond donors (Lipinski definition) is 0. The third kappa shape index (κ3) is 2.01. The Morgan fingerprint density at radius 3 is 2.94 bits per heavy atom. The first-order valence-corrected chi connectivity index (χ1v) is 6.57. The van der Waals surface area contributed by atoms with Gasteiger partial charge in [0.1, 0.15) is 5.03 Å². The van der Waals surface area contributed by atoms with E-state index < -0.39 is 5.97 Å². The number of esters is 1. The van der Waals surface area contributed by atoms with Gasteiger partial charge in [0, 0.05) is 12.4 Å². The smallest absolute Gasteiger partial charge is 0.358 e. The molecule has 96 valence electrons. The minimum absolute atomic E-state index is 0.322. The van der Waals surface area contributed by atoms with E-state index in [0.29, 0.717) is 28.9 Å². The van der Waals surface area contributed by atoms with E-state index in [1.54, 1.807) is 23.7 Å². The number of nitrogens with zero attached hydrogens (tertiary/aromatic N) is 3. The van der Waals surface area contributed by atoms with Gasteiger partial charge in [0.2, 0.25) is 5.65 Å². The van der Waals surface area contributed by atoms with Crippen LogP contribution in [0.15, 0.2) is 17.4 Å². The largest absolute Gasteiger partial charge is 0.478 e. The molecule has 7 heteroatoms. The number of carbonyl (C=O) groups is 1. The van der Waals surface area contributed by atoms with E-state index in [1.807, 2.05) is 6.26 Å². The Hall–Kier alpha value is -1.76. The van der Waals surface area contributed by atoms with Gasteiger partial charge in [0.05, 0.1) is 13.7 Å². The molecule has 2 heterocycles. The number of ether oxygens (including phenoxy) is 2. The Balaban J connectivity index is 2.66. The van der Waals surface area contributed by atoms with Gasteiger partial charge in [-0.15, -0.1) is 11.8 Å². The van der Waals surface area contributed by atoms with E-state index in [4.69, 9.17) is 9.47 Å². The minimum Gasteiger partial charge on any atom is -0.478 e. The predicted octanol–water partition coefficient (Wildman–Crippen LogP) is 1.64. The average molecular weight is 267 g/mol. The second kappa shape index (κ2) is 5.26. The molecule has 0 saturated heterocycles. The molecule has 0 radical (unpaired) electrons. The Bertz CT molecular complexity index is 582.